The Morgan fingerprint density at radius 2 is 1.66 bits per heavy atom. The number of nitrogens with one attached hydrogen (secondary N) is 1. The topological polar surface area (TPSA) is 86.8 Å². The Morgan fingerprint density at radius 1 is 0.955 bits per heavy atom. The van der Waals surface area contributed by atoms with Crippen molar-refractivity contribution in [3.8, 4) is 0 Å². The highest BCUT2D eigenvalue weighted by Crippen LogP contribution is 2.50. The minimum atomic E-state index is -0.270. The molecule has 8 heteroatoms. The largest absolute Gasteiger partial charge is 0.340 e. The first-order chi connectivity index (χ1) is 21.2. The molecule has 0 bridgehead atoms. The van der Waals surface area contributed by atoms with Crippen LogP contribution in [0.3, 0.4) is 0 Å². The molecule has 1 N–H and O–H groups in total. The van der Waals surface area contributed by atoms with E-state index in [1.165, 1.54) is 0 Å². The Labute approximate surface area is 269 Å². The van der Waals surface area contributed by atoms with Gasteiger partial charge in [-0.05, 0) is 112 Å². The lowest BCUT2D eigenvalue weighted by molar-refractivity contribution is -0.130. The fraction of sp³-hybridized carbons (Fsp3) is 0.556. The average Bonchev–Trinajstić information content (AvgIpc) is 3.82. The van der Waals surface area contributed by atoms with E-state index >= 15 is 0 Å². The third-order valence-corrected chi connectivity index (χ3v) is 11.4. The van der Waals surface area contributed by atoms with Crippen LogP contribution in [0.5, 0.6) is 0 Å². The van der Waals surface area contributed by atoms with Gasteiger partial charge in [-0.15, -0.1) is 0 Å². The van der Waals surface area contributed by atoms with Gasteiger partial charge in [-0.3, -0.25) is 19.2 Å². The summed E-state index contributed by atoms with van der Waals surface area (Å²) in [6, 6.07) is 13.4. The van der Waals surface area contributed by atoms with Gasteiger partial charge < -0.3 is 15.1 Å². The Balaban J connectivity index is 1.22. The first kappa shape index (κ1) is 31.0. The summed E-state index contributed by atoms with van der Waals surface area (Å²) in [6.45, 7) is 6.06. The fourth-order valence-corrected chi connectivity index (χ4v) is 8.87. The number of likely N-dealkylation sites (tertiary alicyclic amines) is 2. The summed E-state index contributed by atoms with van der Waals surface area (Å²) in [4.78, 5) is 56.5. The van der Waals surface area contributed by atoms with Crippen LogP contribution in [0.4, 0.5) is 5.69 Å². The summed E-state index contributed by atoms with van der Waals surface area (Å²) in [6.07, 6.45) is 8.91. The Kier molecular flexibility index (Phi) is 9.27. The highest BCUT2D eigenvalue weighted by atomic mass is 79.9. The van der Waals surface area contributed by atoms with E-state index in [-0.39, 0.29) is 47.4 Å². The van der Waals surface area contributed by atoms with Gasteiger partial charge in [-0.1, -0.05) is 35.0 Å². The maximum absolute atomic E-state index is 13.6. The van der Waals surface area contributed by atoms with Crippen LogP contribution in [0.25, 0.3) is 0 Å². The molecule has 2 saturated heterocycles. The molecule has 3 amide bonds. The van der Waals surface area contributed by atoms with E-state index in [2.05, 4.69) is 44.9 Å². The minimum Gasteiger partial charge on any atom is -0.340 e. The van der Waals surface area contributed by atoms with Crippen molar-refractivity contribution in [1.29, 1.82) is 0 Å². The van der Waals surface area contributed by atoms with Gasteiger partial charge in [0.05, 0.1) is 11.6 Å². The van der Waals surface area contributed by atoms with Crippen LogP contribution < -0.4 is 5.32 Å². The molecule has 234 valence electrons. The van der Waals surface area contributed by atoms with Crippen LogP contribution in [0.2, 0.25) is 0 Å². The molecule has 2 aromatic carbocycles. The van der Waals surface area contributed by atoms with Crippen LogP contribution in [0.1, 0.15) is 105 Å². The van der Waals surface area contributed by atoms with Gasteiger partial charge >= 0.3 is 0 Å². The molecular formula is C36H44BrN3O4. The zero-order valence-corrected chi connectivity index (χ0v) is 27.5. The van der Waals surface area contributed by atoms with Crippen molar-refractivity contribution in [2.24, 2.45) is 17.8 Å². The zero-order valence-electron chi connectivity index (χ0n) is 25.9. The number of halogens is 1. The number of benzene rings is 2. The lowest BCUT2D eigenvalue weighted by Crippen LogP contribution is -2.40. The minimum absolute atomic E-state index is 0.0108. The summed E-state index contributed by atoms with van der Waals surface area (Å²) in [5.74, 6) is 1.15. The molecule has 0 aromatic heterocycles. The summed E-state index contributed by atoms with van der Waals surface area (Å²) in [5, 5.41) is 3.10. The van der Waals surface area contributed by atoms with Crippen molar-refractivity contribution in [1.82, 2.24) is 9.80 Å². The van der Waals surface area contributed by atoms with Crippen LogP contribution in [0.15, 0.2) is 46.9 Å². The summed E-state index contributed by atoms with van der Waals surface area (Å²) < 4.78 is 0.911. The highest BCUT2D eigenvalue weighted by Gasteiger charge is 2.44. The normalized spacial score (nSPS) is 25.3. The van der Waals surface area contributed by atoms with E-state index in [1.807, 2.05) is 30.3 Å². The van der Waals surface area contributed by atoms with Crippen LogP contribution in [-0.2, 0) is 14.4 Å². The second kappa shape index (κ2) is 13.2. The number of para-hydroxylation sites is 1. The number of ketones is 1. The van der Waals surface area contributed by atoms with Gasteiger partial charge in [-0.2, -0.15) is 0 Å². The molecule has 0 spiro atoms. The van der Waals surface area contributed by atoms with Gasteiger partial charge in [0.25, 0.3) is 0 Å². The molecule has 1 saturated carbocycles. The van der Waals surface area contributed by atoms with Gasteiger partial charge in [0.1, 0.15) is 0 Å². The van der Waals surface area contributed by atoms with Crippen molar-refractivity contribution in [3.05, 3.63) is 63.6 Å². The predicted molar refractivity (Wildman–Crippen MR) is 174 cm³/mol. The number of hydrogen-bond acceptors (Lipinski definition) is 4. The van der Waals surface area contributed by atoms with E-state index in [0.29, 0.717) is 41.5 Å². The van der Waals surface area contributed by atoms with Crippen molar-refractivity contribution in [3.63, 3.8) is 0 Å². The standard InChI is InChI=1S/C36H44BrN3O4/c1-3-28(40-18-6-10-32(40)42)21-26(19-22(2)39-17-5-9-31(39)41)24-11-12-25(20-24)33-29-7-4-8-30(34(29)38-36(33)44)35(43)23-13-15-27(37)16-14-23/h4,7-8,13-16,22,24-26,28,33H,3,5-6,9-12,17-21H2,1-2H3,(H,38,44). The number of hydrogen-bond donors (Lipinski definition) is 1. The third kappa shape index (κ3) is 6.11. The molecule has 2 aromatic rings. The van der Waals surface area contributed by atoms with Gasteiger partial charge in [0, 0.05) is 53.6 Å². The first-order valence-corrected chi connectivity index (χ1v) is 17.4. The van der Waals surface area contributed by atoms with Crippen molar-refractivity contribution < 1.29 is 19.2 Å². The molecule has 7 nitrogen and oxygen atoms in total. The van der Waals surface area contributed by atoms with E-state index in [4.69, 9.17) is 0 Å². The zero-order chi connectivity index (χ0) is 31.0. The Bertz CT molecular complexity index is 1420. The summed E-state index contributed by atoms with van der Waals surface area (Å²) in [5.41, 5.74) is 2.73. The van der Waals surface area contributed by atoms with Crippen molar-refractivity contribution in [2.75, 3.05) is 18.4 Å². The predicted octanol–water partition coefficient (Wildman–Crippen LogP) is 6.94. The van der Waals surface area contributed by atoms with E-state index in [9.17, 15) is 19.2 Å². The molecule has 6 rings (SSSR count). The molecule has 0 radical (unpaired) electrons. The molecule has 3 heterocycles. The lowest BCUT2D eigenvalue weighted by atomic mass is 9.78. The molecule has 1 aliphatic carbocycles. The Hall–Kier alpha value is -3.00. The maximum Gasteiger partial charge on any atom is 0.232 e. The molecule has 3 fully saturated rings. The van der Waals surface area contributed by atoms with Crippen molar-refractivity contribution >= 4 is 45.1 Å². The Morgan fingerprint density at radius 3 is 2.32 bits per heavy atom. The molecule has 4 aliphatic rings. The molecular weight excluding hydrogens is 618 g/mol. The number of rotatable bonds is 11. The van der Waals surface area contributed by atoms with Gasteiger partial charge in [-0.25, -0.2) is 0 Å². The fourth-order valence-electron chi connectivity index (χ4n) is 8.61. The van der Waals surface area contributed by atoms with E-state index in [0.717, 1.165) is 74.5 Å². The first-order valence-electron chi connectivity index (χ1n) is 16.6. The number of carbonyl (C=O) groups is 4. The number of carbonyl (C=O) groups excluding carboxylic acids is 4. The third-order valence-electron chi connectivity index (χ3n) is 10.8. The molecule has 6 atom stereocenters. The SMILES string of the molecule is CCC(CC(CC(C)N1CCCC1=O)C1CCC(C2C(=O)Nc3c(C(=O)c4ccc(Br)cc4)cccc32)C1)N1CCCC1=O. The van der Waals surface area contributed by atoms with Crippen molar-refractivity contribution in [2.45, 2.75) is 96.1 Å². The van der Waals surface area contributed by atoms with Gasteiger partial charge in [0.2, 0.25) is 17.7 Å². The maximum atomic E-state index is 13.6. The monoisotopic (exact) mass is 661 g/mol. The highest BCUT2D eigenvalue weighted by molar-refractivity contribution is 9.10. The molecule has 44 heavy (non-hydrogen) atoms. The molecule has 6 unspecified atom stereocenters. The quantitative estimate of drug-likeness (QED) is 0.264. The van der Waals surface area contributed by atoms with Crippen LogP contribution in [0, 0.1) is 17.8 Å². The number of anilines is 1. The van der Waals surface area contributed by atoms with E-state index < -0.39 is 0 Å². The molecule has 3 aliphatic heterocycles. The number of amides is 3. The smallest absolute Gasteiger partial charge is 0.232 e. The number of fused-ring (bicyclic) bond motifs is 1. The lowest BCUT2D eigenvalue weighted by Gasteiger charge is -2.36. The number of nitrogens with zero attached hydrogens (tertiary/aromatic N) is 2. The summed E-state index contributed by atoms with van der Waals surface area (Å²) >= 11 is 3.44. The summed E-state index contributed by atoms with van der Waals surface area (Å²) in [7, 11) is 0. The van der Waals surface area contributed by atoms with Crippen LogP contribution in [-0.4, -0.2) is 58.5 Å². The second-order valence-electron chi connectivity index (χ2n) is 13.4. The van der Waals surface area contributed by atoms with Crippen LogP contribution >= 0.6 is 15.9 Å². The van der Waals surface area contributed by atoms with E-state index in [1.54, 1.807) is 12.1 Å². The van der Waals surface area contributed by atoms with Gasteiger partial charge in [0.15, 0.2) is 5.78 Å². The second-order valence-corrected chi connectivity index (χ2v) is 14.3. The average molecular weight is 663 g/mol.